The van der Waals surface area contributed by atoms with Crippen molar-refractivity contribution in [3.05, 3.63) is 95.1 Å². The van der Waals surface area contributed by atoms with Crippen LogP contribution in [0.2, 0.25) is 0 Å². The van der Waals surface area contributed by atoms with E-state index in [4.69, 9.17) is 9.47 Å². The highest BCUT2D eigenvalue weighted by molar-refractivity contribution is 5.48. The quantitative estimate of drug-likeness (QED) is 0.543. The van der Waals surface area contributed by atoms with E-state index in [9.17, 15) is 0 Å². The highest BCUT2D eigenvalue weighted by Crippen LogP contribution is 2.39. The molecule has 0 radical (unpaired) electrons. The van der Waals surface area contributed by atoms with E-state index in [1.54, 1.807) is 14.2 Å². The number of quaternary nitrogens is 1. The van der Waals surface area contributed by atoms with E-state index < -0.39 is 0 Å². The van der Waals surface area contributed by atoms with Crippen LogP contribution < -0.4 is 9.47 Å². The van der Waals surface area contributed by atoms with Crippen LogP contribution in [0, 0.1) is 0 Å². The molecule has 0 saturated heterocycles. The molecule has 0 saturated carbocycles. The molecule has 0 aromatic heterocycles. The van der Waals surface area contributed by atoms with Crippen molar-refractivity contribution in [3.8, 4) is 11.5 Å². The van der Waals surface area contributed by atoms with Crippen LogP contribution in [0.25, 0.3) is 0 Å². The van der Waals surface area contributed by atoms with Gasteiger partial charge in [-0.2, -0.15) is 0 Å². The van der Waals surface area contributed by atoms with E-state index in [0.29, 0.717) is 0 Å². The number of ether oxygens (including phenoxy) is 2. The van der Waals surface area contributed by atoms with Gasteiger partial charge in [0.25, 0.3) is 0 Å². The van der Waals surface area contributed by atoms with Crippen LogP contribution in [0.3, 0.4) is 0 Å². The van der Waals surface area contributed by atoms with Crippen LogP contribution in [0.15, 0.2) is 72.8 Å². The summed E-state index contributed by atoms with van der Waals surface area (Å²) in [5.74, 6) is 1.65. The van der Waals surface area contributed by atoms with E-state index >= 15 is 0 Å². The third-order valence-corrected chi connectivity index (χ3v) is 5.80. The Morgan fingerprint density at radius 1 is 0.714 bits per heavy atom. The molecule has 1 aliphatic rings. The molecular weight excluding hydrogens is 346 g/mol. The van der Waals surface area contributed by atoms with Gasteiger partial charge in [-0.15, -0.1) is 0 Å². The second-order valence-corrected chi connectivity index (χ2v) is 7.74. The van der Waals surface area contributed by atoms with Crippen LogP contribution in [0.4, 0.5) is 0 Å². The molecule has 0 amide bonds. The predicted molar refractivity (Wildman–Crippen MR) is 112 cm³/mol. The van der Waals surface area contributed by atoms with Gasteiger partial charge in [-0.25, -0.2) is 0 Å². The fourth-order valence-electron chi connectivity index (χ4n) is 4.37. The SMILES string of the molecule is COc1cc2c(cc1OC)C[N+](CCc1ccccc1)(Cc1ccccc1)C2. The summed E-state index contributed by atoms with van der Waals surface area (Å²) < 4.78 is 12.1. The first-order valence-corrected chi connectivity index (χ1v) is 9.88. The van der Waals surface area contributed by atoms with Crippen LogP contribution >= 0.6 is 0 Å². The monoisotopic (exact) mass is 374 g/mol. The second kappa shape index (κ2) is 8.07. The number of benzene rings is 3. The Balaban J connectivity index is 1.63. The molecule has 3 aromatic rings. The van der Waals surface area contributed by atoms with E-state index in [1.165, 1.54) is 22.3 Å². The molecule has 0 bridgehead atoms. The maximum absolute atomic E-state index is 5.55. The van der Waals surface area contributed by atoms with Crippen molar-refractivity contribution in [1.82, 2.24) is 0 Å². The summed E-state index contributed by atoms with van der Waals surface area (Å²) in [7, 11) is 3.42. The van der Waals surface area contributed by atoms with Crippen molar-refractivity contribution >= 4 is 0 Å². The number of hydrogen-bond donors (Lipinski definition) is 0. The van der Waals surface area contributed by atoms with Gasteiger partial charge in [0.05, 0.1) is 20.8 Å². The summed E-state index contributed by atoms with van der Waals surface area (Å²) in [6.45, 7) is 4.19. The van der Waals surface area contributed by atoms with Crippen molar-refractivity contribution in [2.75, 3.05) is 20.8 Å². The molecule has 3 aromatic carbocycles. The minimum Gasteiger partial charge on any atom is -0.493 e. The van der Waals surface area contributed by atoms with E-state index in [1.807, 2.05) is 0 Å². The van der Waals surface area contributed by atoms with E-state index in [2.05, 4.69) is 72.8 Å². The van der Waals surface area contributed by atoms with Crippen molar-refractivity contribution in [2.45, 2.75) is 26.1 Å². The minimum absolute atomic E-state index is 0.823. The zero-order chi connectivity index (χ0) is 19.4. The van der Waals surface area contributed by atoms with Gasteiger partial charge in [0.2, 0.25) is 0 Å². The lowest BCUT2D eigenvalue weighted by atomic mass is 10.1. The van der Waals surface area contributed by atoms with E-state index in [0.717, 1.165) is 48.6 Å². The maximum atomic E-state index is 5.55. The highest BCUT2D eigenvalue weighted by atomic mass is 16.5. The predicted octanol–water partition coefficient (Wildman–Crippen LogP) is 4.98. The molecule has 1 heterocycles. The van der Waals surface area contributed by atoms with Gasteiger partial charge in [0, 0.05) is 23.1 Å². The molecule has 3 nitrogen and oxygen atoms in total. The zero-order valence-electron chi connectivity index (χ0n) is 16.7. The summed E-state index contributed by atoms with van der Waals surface area (Å²) in [5.41, 5.74) is 5.55. The molecule has 0 N–H and O–H groups in total. The second-order valence-electron chi connectivity index (χ2n) is 7.74. The molecule has 144 valence electrons. The van der Waals surface area contributed by atoms with Crippen molar-refractivity contribution in [1.29, 1.82) is 0 Å². The first-order valence-electron chi connectivity index (χ1n) is 9.88. The summed E-state index contributed by atoms with van der Waals surface area (Å²) in [4.78, 5) is 0. The Kier molecular flexibility index (Phi) is 5.36. The van der Waals surface area contributed by atoms with Crippen molar-refractivity contribution in [3.63, 3.8) is 0 Å². The summed E-state index contributed by atoms with van der Waals surface area (Å²) >= 11 is 0. The van der Waals surface area contributed by atoms with Gasteiger partial charge < -0.3 is 14.0 Å². The summed E-state index contributed by atoms with van der Waals surface area (Å²) in [6.07, 6.45) is 1.08. The van der Waals surface area contributed by atoms with E-state index in [-0.39, 0.29) is 0 Å². The van der Waals surface area contributed by atoms with Gasteiger partial charge in [-0.05, 0) is 17.7 Å². The molecule has 3 heteroatoms. The van der Waals surface area contributed by atoms with Crippen LogP contribution in [-0.2, 0) is 26.1 Å². The van der Waals surface area contributed by atoms with Crippen LogP contribution in [-0.4, -0.2) is 25.2 Å². The average molecular weight is 375 g/mol. The average Bonchev–Trinajstić information content (AvgIpc) is 3.09. The van der Waals surface area contributed by atoms with Gasteiger partial charge >= 0.3 is 0 Å². The third-order valence-electron chi connectivity index (χ3n) is 5.80. The molecule has 4 rings (SSSR count). The third kappa shape index (κ3) is 3.90. The fourth-order valence-corrected chi connectivity index (χ4v) is 4.37. The Hall–Kier alpha value is -2.78. The first kappa shape index (κ1) is 18.6. The molecule has 0 spiro atoms. The first-order chi connectivity index (χ1) is 13.7. The van der Waals surface area contributed by atoms with Gasteiger partial charge in [0.15, 0.2) is 11.5 Å². The lowest BCUT2D eigenvalue weighted by molar-refractivity contribution is -0.959. The topological polar surface area (TPSA) is 18.5 Å². The van der Waals surface area contributed by atoms with Gasteiger partial charge in [-0.3, -0.25) is 0 Å². The molecule has 1 aliphatic heterocycles. The number of methoxy groups -OCH3 is 2. The summed E-state index contributed by atoms with van der Waals surface area (Å²) in [6, 6.07) is 26.0. The zero-order valence-corrected chi connectivity index (χ0v) is 16.7. The van der Waals surface area contributed by atoms with Crippen molar-refractivity contribution < 1.29 is 14.0 Å². The van der Waals surface area contributed by atoms with Crippen LogP contribution in [0.1, 0.15) is 22.3 Å². The molecule has 0 aliphatic carbocycles. The Morgan fingerprint density at radius 2 is 1.21 bits per heavy atom. The standard InChI is InChI=1S/C25H28NO2/c1-27-24-15-22-18-26(17-21-11-7-4-8-12-21,19-23(22)16-25(24)28-2)14-13-20-9-5-3-6-10-20/h3-12,15-16H,13-14,17-19H2,1-2H3/q+1. The van der Waals surface area contributed by atoms with Crippen LogP contribution in [0.5, 0.6) is 11.5 Å². The minimum atomic E-state index is 0.823. The molecule has 0 unspecified atom stereocenters. The Bertz CT molecular complexity index is 889. The number of fused-ring (bicyclic) bond motifs is 1. The number of hydrogen-bond acceptors (Lipinski definition) is 2. The molecular formula is C25H28NO2+. The number of rotatable bonds is 7. The fraction of sp³-hybridized carbons (Fsp3) is 0.280. The van der Waals surface area contributed by atoms with Crippen molar-refractivity contribution in [2.24, 2.45) is 0 Å². The molecule has 0 atom stereocenters. The lowest BCUT2D eigenvalue weighted by Gasteiger charge is -2.34. The highest BCUT2D eigenvalue weighted by Gasteiger charge is 2.37. The summed E-state index contributed by atoms with van der Waals surface area (Å²) in [5, 5.41) is 0. The van der Waals surface area contributed by atoms with Gasteiger partial charge in [0.1, 0.15) is 19.6 Å². The maximum Gasteiger partial charge on any atom is 0.161 e. The molecule has 0 fully saturated rings. The largest absolute Gasteiger partial charge is 0.493 e. The lowest BCUT2D eigenvalue weighted by Crippen LogP contribution is -2.43. The Labute approximate surface area is 167 Å². The smallest absolute Gasteiger partial charge is 0.161 e. The molecule has 28 heavy (non-hydrogen) atoms. The number of nitrogens with zero attached hydrogens (tertiary/aromatic N) is 1. The normalized spacial score (nSPS) is 14.5. The van der Waals surface area contributed by atoms with Gasteiger partial charge in [-0.1, -0.05) is 60.7 Å². The Morgan fingerprint density at radius 3 is 1.71 bits per heavy atom.